The lowest BCUT2D eigenvalue weighted by molar-refractivity contribution is -0.137. The molecule has 8 rings (SSSR count). The van der Waals surface area contributed by atoms with Crippen LogP contribution in [-0.4, -0.2) is 99.2 Å². The number of carbonyl (C=O) groups is 4. The Kier molecular flexibility index (Phi) is 11.1. The molecule has 16 nitrogen and oxygen atoms in total. The lowest BCUT2D eigenvalue weighted by Gasteiger charge is -2.31. The minimum atomic E-state index is -3.15. The molecule has 3 aliphatic heterocycles. The van der Waals surface area contributed by atoms with Crippen LogP contribution < -0.4 is 26.4 Å². The summed E-state index contributed by atoms with van der Waals surface area (Å²) in [7, 11) is 2.44. The highest BCUT2D eigenvalue weighted by molar-refractivity contribution is 5.93. The van der Waals surface area contributed by atoms with Gasteiger partial charge in [0.2, 0.25) is 11.8 Å². The predicted octanol–water partition coefficient (Wildman–Crippen LogP) is 6.38. The highest BCUT2D eigenvalue weighted by Crippen LogP contribution is 2.53. The number of amides is 4. The number of hydrogen-bond acceptors (Lipinski definition) is 10. The van der Waals surface area contributed by atoms with E-state index in [1.54, 1.807) is 31.0 Å². The number of halogens is 2. The molecular weight excluding hydrogens is 817 g/mol. The largest absolute Gasteiger partial charge is 0.470 e. The van der Waals surface area contributed by atoms with Crippen molar-refractivity contribution in [1.29, 1.82) is 0 Å². The van der Waals surface area contributed by atoms with Crippen LogP contribution in [0.5, 0.6) is 5.75 Å². The smallest absolute Gasteiger partial charge is 0.407 e. The maximum Gasteiger partial charge on any atom is 0.407 e. The number of aromatic nitrogens is 3. The van der Waals surface area contributed by atoms with Crippen molar-refractivity contribution in [3.05, 3.63) is 78.0 Å². The Bertz CT molecular complexity index is 2550. The quantitative estimate of drug-likeness (QED) is 0.113. The molecule has 4 aromatic rings. The number of nitrogens with two attached hydrogens (primary N) is 1. The monoisotopic (exact) mass is 869 g/mol. The maximum atomic E-state index is 15.1. The molecule has 0 radical (unpaired) electrons. The molecule has 0 saturated carbocycles. The number of ether oxygens (including phenoxy) is 3. The summed E-state index contributed by atoms with van der Waals surface area (Å²) in [5, 5.41) is 9.31. The standard InChI is InChI=1S/C45H53F2N9O7/c1-23(2)37(52-42(59)61-6)40(57)54-14-8-9-33(54)39-49-20-31(51-39)27-10-12-29-34-16-28-15-26(11-13-32(28)56(34)25(5)63-35(29)17-27)30(19-48)50-36-18-44(36)21-45(46,47)22-55(44)41(58)38(24(3)4)53-43(60)62-7/h10-13,15-20,23-25,33,37-38,50H,8-9,14,21-22,48H2,1-7H3,(H,49,51)(H,52,59)(H,53,60)/b30-19-/t25?,33-,37-,38-,44?/m0/s1. The van der Waals surface area contributed by atoms with Gasteiger partial charge in [0, 0.05) is 46.9 Å². The number of carbonyl (C=O) groups excluding carboxylic acids is 4. The molecule has 6 N–H and O–H groups in total. The third kappa shape index (κ3) is 7.79. The Morgan fingerprint density at radius 1 is 0.984 bits per heavy atom. The van der Waals surface area contributed by atoms with Gasteiger partial charge in [0.25, 0.3) is 5.92 Å². The number of likely N-dealkylation sites (tertiary alicyclic amines) is 2. The molecule has 0 bridgehead atoms. The number of hydrogen-bond donors (Lipinski definition) is 5. The molecule has 4 amide bonds. The van der Waals surface area contributed by atoms with Crippen molar-refractivity contribution in [3.63, 3.8) is 0 Å². The highest BCUT2D eigenvalue weighted by atomic mass is 19.3. The van der Waals surface area contributed by atoms with E-state index in [1.165, 1.54) is 20.4 Å². The number of imidazole rings is 1. The summed E-state index contributed by atoms with van der Waals surface area (Å²) >= 11 is 0. The van der Waals surface area contributed by atoms with Crippen LogP contribution in [0.3, 0.4) is 0 Å². The van der Waals surface area contributed by atoms with Crippen molar-refractivity contribution in [2.75, 3.05) is 27.3 Å². The van der Waals surface area contributed by atoms with E-state index in [0.717, 1.165) is 51.2 Å². The van der Waals surface area contributed by atoms with Crippen molar-refractivity contribution >= 4 is 40.6 Å². The number of methoxy groups -OCH3 is 2. The van der Waals surface area contributed by atoms with E-state index in [0.29, 0.717) is 35.1 Å². The zero-order valence-corrected chi connectivity index (χ0v) is 36.3. The van der Waals surface area contributed by atoms with Gasteiger partial charge in [-0.25, -0.2) is 23.4 Å². The fourth-order valence-corrected chi connectivity index (χ4v) is 9.22. The number of rotatable bonds is 11. The molecule has 18 heteroatoms. The Labute approximate surface area is 363 Å². The van der Waals surface area contributed by atoms with Crippen LogP contribution in [0.15, 0.2) is 66.6 Å². The zero-order chi connectivity index (χ0) is 45.1. The molecule has 4 aliphatic rings. The van der Waals surface area contributed by atoms with E-state index >= 15 is 8.78 Å². The molecule has 1 aliphatic carbocycles. The lowest BCUT2D eigenvalue weighted by atomic mass is 10.0. The summed E-state index contributed by atoms with van der Waals surface area (Å²) in [5.74, 6) is -3.16. The Morgan fingerprint density at radius 3 is 2.35 bits per heavy atom. The van der Waals surface area contributed by atoms with Crippen LogP contribution in [0.1, 0.15) is 77.5 Å². The first-order chi connectivity index (χ1) is 30.0. The van der Waals surface area contributed by atoms with Gasteiger partial charge in [-0.1, -0.05) is 39.8 Å². The van der Waals surface area contributed by atoms with Crippen LogP contribution in [0, 0.1) is 11.8 Å². The van der Waals surface area contributed by atoms with Gasteiger partial charge in [-0.15, -0.1) is 0 Å². The van der Waals surface area contributed by atoms with Gasteiger partial charge < -0.3 is 55.2 Å². The summed E-state index contributed by atoms with van der Waals surface area (Å²) in [5.41, 5.74) is 10.7. The topological polar surface area (TPSA) is 198 Å². The molecule has 2 aromatic carbocycles. The summed E-state index contributed by atoms with van der Waals surface area (Å²) in [6.07, 6.45) is 3.81. The first-order valence-corrected chi connectivity index (χ1v) is 21.1. The normalized spacial score (nSPS) is 22.0. The van der Waals surface area contributed by atoms with Crippen molar-refractivity contribution in [2.24, 2.45) is 17.6 Å². The second-order valence-electron chi connectivity index (χ2n) is 17.3. The minimum Gasteiger partial charge on any atom is -0.470 e. The zero-order valence-electron chi connectivity index (χ0n) is 36.3. The molecule has 5 heterocycles. The van der Waals surface area contributed by atoms with Gasteiger partial charge in [0.05, 0.1) is 55.6 Å². The van der Waals surface area contributed by atoms with E-state index < -0.39 is 54.6 Å². The Morgan fingerprint density at radius 2 is 1.68 bits per heavy atom. The van der Waals surface area contributed by atoms with Crippen molar-refractivity contribution in [1.82, 2.24) is 40.3 Å². The summed E-state index contributed by atoms with van der Waals surface area (Å²) in [6.45, 7) is 8.91. The second-order valence-corrected chi connectivity index (χ2v) is 17.3. The van der Waals surface area contributed by atoms with Gasteiger partial charge >= 0.3 is 12.2 Å². The van der Waals surface area contributed by atoms with E-state index in [1.807, 2.05) is 57.2 Å². The SMILES string of the molecule is COC(=O)N[C@H](C(=O)N1CCC[C@H]1c1ncc(-c2ccc3c(c2)OC(C)n2c-3cc3cc(/C(=C/N)NC4=CC45CC(F)(F)CN5C(=O)[C@@H](NC(=O)OC)C(C)C)ccc32)[nH]1)C(C)C. The average Bonchev–Trinajstić information content (AvgIpc) is 3.79. The van der Waals surface area contributed by atoms with Crippen LogP contribution in [0.2, 0.25) is 0 Å². The van der Waals surface area contributed by atoms with Crippen molar-refractivity contribution in [2.45, 2.75) is 89.7 Å². The van der Waals surface area contributed by atoms with Crippen molar-refractivity contribution < 1.29 is 42.2 Å². The predicted molar refractivity (Wildman–Crippen MR) is 230 cm³/mol. The summed E-state index contributed by atoms with van der Waals surface area (Å²) < 4.78 is 48.2. The Hall–Kier alpha value is -6.59. The lowest BCUT2D eigenvalue weighted by Crippen LogP contribution is -2.54. The third-order valence-electron chi connectivity index (χ3n) is 12.5. The molecule has 5 atom stereocenters. The van der Waals surface area contributed by atoms with E-state index in [-0.39, 0.29) is 30.0 Å². The fraction of sp³-hybridized carbons (Fsp3) is 0.444. The first kappa shape index (κ1) is 43.1. The average molecular weight is 870 g/mol. The number of nitrogens with one attached hydrogen (secondary N) is 4. The molecular formula is C45H53F2N9O7. The van der Waals surface area contributed by atoms with Gasteiger partial charge in [0.1, 0.15) is 29.2 Å². The van der Waals surface area contributed by atoms with Gasteiger partial charge in [-0.3, -0.25) is 9.59 Å². The molecule has 2 fully saturated rings. The van der Waals surface area contributed by atoms with Gasteiger partial charge in [-0.2, -0.15) is 0 Å². The molecule has 1 spiro atoms. The molecule has 63 heavy (non-hydrogen) atoms. The third-order valence-corrected chi connectivity index (χ3v) is 12.5. The Balaban J connectivity index is 1.01. The van der Waals surface area contributed by atoms with E-state index in [9.17, 15) is 19.2 Å². The van der Waals surface area contributed by atoms with Crippen LogP contribution in [-0.2, 0) is 19.1 Å². The van der Waals surface area contributed by atoms with E-state index in [4.69, 9.17) is 20.2 Å². The second kappa shape index (κ2) is 16.3. The number of fused-ring (bicyclic) bond motifs is 5. The summed E-state index contributed by atoms with van der Waals surface area (Å²) in [6, 6.07) is 11.8. The molecule has 334 valence electrons. The maximum absolute atomic E-state index is 15.1. The van der Waals surface area contributed by atoms with E-state index in [2.05, 4.69) is 36.3 Å². The van der Waals surface area contributed by atoms with Crippen LogP contribution in [0.4, 0.5) is 18.4 Å². The number of H-pyrrole nitrogens is 1. The van der Waals surface area contributed by atoms with Crippen LogP contribution in [0.25, 0.3) is 39.1 Å². The van der Waals surface area contributed by atoms with Gasteiger partial charge in [-0.05, 0) is 68.0 Å². The number of alkyl carbamates (subject to hydrolysis) is 2. The number of aromatic amines is 1. The fourth-order valence-electron chi connectivity index (χ4n) is 9.22. The highest BCUT2D eigenvalue weighted by Gasteiger charge is 2.64. The number of benzene rings is 2. The molecule has 2 unspecified atom stereocenters. The van der Waals surface area contributed by atoms with Gasteiger partial charge in [0.15, 0.2) is 6.23 Å². The number of alkyl halides is 2. The molecule has 2 aromatic heterocycles. The van der Waals surface area contributed by atoms with Crippen LogP contribution >= 0.6 is 0 Å². The summed E-state index contributed by atoms with van der Waals surface area (Å²) in [4.78, 5) is 62.5. The first-order valence-electron chi connectivity index (χ1n) is 21.1. The minimum absolute atomic E-state index is 0.147. The van der Waals surface area contributed by atoms with Crippen molar-refractivity contribution in [3.8, 4) is 28.3 Å². The number of nitrogens with zero attached hydrogens (tertiary/aromatic N) is 4. The molecule has 2 saturated heterocycles.